The molecule has 0 amide bonds. The Morgan fingerprint density at radius 2 is 2.11 bits per heavy atom. The number of nitrogens with one attached hydrogen (secondary N) is 1. The molecule has 3 heteroatoms. The van der Waals surface area contributed by atoms with Gasteiger partial charge < -0.3 is 15.2 Å². The molecule has 1 fully saturated rings. The molecule has 18 heavy (non-hydrogen) atoms. The molecular weight excluding hydrogens is 226 g/mol. The van der Waals surface area contributed by atoms with Gasteiger partial charge in [0.05, 0.1) is 6.10 Å². The summed E-state index contributed by atoms with van der Waals surface area (Å²) in [5.41, 5.74) is 1.79. The third-order valence-electron chi connectivity index (χ3n) is 3.95. The first-order valence-corrected chi connectivity index (χ1v) is 6.65. The molecule has 1 aliphatic heterocycles. The minimum absolute atomic E-state index is 0.0878. The van der Waals surface area contributed by atoms with Crippen molar-refractivity contribution in [3.05, 3.63) is 35.4 Å². The van der Waals surface area contributed by atoms with E-state index in [0.717, 1.165) is 0 Å². The van der Waals surface area contributed by atoms with Gasteiger partial charge in [0.1, 0.15) is 5.60 Å². The van der Waals surface area contributed by atoms with Gasteiger partial charge in [-0.15, -0.1) is 0 Å². The quantitative estimate of drug-likeness (QED) is 0.859. The summed E-state index contributed by atoms with van der Waals surface area (Å²) < 4.78 is 5.43. The Bertz CT molecular complexity index is 390. The lowest BCUT2D eigenvalue weighted by Crippen LogP contribution is -2.46. The van der Waals surface area contributed by atoms with Gasteiger partial charge in [-0.3, -0.25) is 0 Å². The normalized spacial score (nSPS) is 29.4. The average Bonchev–Trinajstić information content (AvgIpc) is 2.68. The standard InChI is InChI=1S/C15H23NO2/c1-11-4-6-14(7-5-11)12(2)16-10-15(17)8-9-18-13(15)3/h4-7,12-13,16-17H,8-10H2,1-3H3. The minimum atomic E-state index is -0.723. The van der Waals surface area contributed by atoms with E-state index in [2.05, 4.69) is 43.4 Å². The van der Waals surface area contributed by atoms with Crippen LogP contribution in [0.1, 0.15) is 37.4 Å². The highest BCUT2D eigenvalue weighted by Gasteiger charge is 2.39. The van der Waals surface area contributed by atoms with Crippen LogP contribution in [0, 0.1) is 6.92 Å². The molecule has 3 atom stereocenters. The molecule has 1 saturated heterocycles. The van der Waals surface area contributed by atoms with Crippen LogP contribution >= 0.6 is 0 Å². The van der Waals surface area contributed by atoms with Gasteiger partial charge in [0.15, 0.2) is 0 Å². The zero-order valence-electron chi connectivity index (χ0n) is 11.4. The molecular formula is C15H23NO2. The van der Waals surface area contributed by atoms with Crippen molar-refractivity contribution >= 4 is 0 Å². The fraction of sp³-hybridized carbons (Fsp3) is 0.600. The predicted molar refractivity (Wildman–Crippen MR) is 72.6 cm³/mol. The van der Waals surface area contributed by atoms with Crippen LogP contribution in [-0.4, -0.2) is 30.0 Å². The van der Waals surface area contributed by atoms with Crippen LogP contribution < -0.4 is 5.32 Å². The number of aliphatic hydroxyl groups is 1. The van der Waals surface area contributed by atoms with Crippen LogP contribution in [-0.2, 0) is 4.74 Å². The third-order valence-corrected chi connectivity index (χ3v) is 3.95. The summed E-state index contributed by atoms with van der Waals surface area (Å²) in [6.45, 7) is 7.36. The van der Waals surface area contributed by atoms with E-state index in [9.17, 15) is 5.11 Å². The van der Waals surface area contributed by atoms with Crippen LogP contribution in [0.3, 0.4) is 0 Å². The van der Waals surface area contributed by atoms with Crippen molar-refractivity contribution in [2.75, 3.05) is 13.2 Å². The SMILES string of the molecule is Cc1ccc(C(C)NCC2(O)CCOC2C)cc1. The predicted octanol–water partition coefficient (Wildman–Crippen LogP) is 2.19. The zero-order chi connectivity index (χ0) is 13.2. The Balaban J connectivity index is 1.92. The van der Waals surface area contributed by atoms with Crippen molar-refractivity contribution in [1.29, 1.82) is 0 Å². The van der Waals surface area contributed by atoms with Crippen LogP contribution in [0.5, 0.6) is 0 Å². The van der Waals surface area contributed by atoms with E-state index in [1.54, 1.807) is 0 Å². The molecule has 0 radical (unpaired) electrons. The van der Waals surface area contributed by atoms with Gasteiger partial charge in [0.25, 0.3) is 0 Å². The topological polar surface area (TPSA) is 41.5 Å². The fourth-order valence-electron chi connectivity index (χ4n) is 2.31. The van der Waals surface area contributed by atoms with E-state index in [1.807, 2.05) is 6.92 Å². The molecule has 2 N–H and O–H groups in total. The summed E-state index contributed by atoms with van der Waals surface area (Å²) in [6.07, 6.45) is 0.622. The summed E-state index contributed by atoms with van der Waals surface area (Å²) in [6, 6.07) is 8.73. The van der Waals surface area contributed by atoms with E-state index in [0.29, 0.717) is 19.6 Å². The van der Waals surface area contributed by atoms with Gasteiger partial charge in [0.2, 0.25) is 0 Å². The monoisotopic (exact) mass is 249 g/mol. The van der Waals surface area contributed by atoms with E-state index in [-0.39, 0.29) is 12.1 Å². The second kappa shape index (κ2) is 5.39. The Morgan fingerprint density at radius 3 is 2.67 bits per heavy atom. The van der Waals surface area contributed by atoms with Crippen molar-refractivity contribution in [3.8, 4) is 0 Å². The van der Waals surface area contributed by atoms with Gasteiger partial charge in [-0.2, -0.15) is 0 Å². The molecule has 0 spiro atoms. The molecule has 3 unspecified atom stereocenters. The maximum Gasteiger partial charge on any atom is 0.105 e. The summed E-state index contributed by atoms with van der Waals surface area (Å²) >= 11 is 0. The number of benzene rings is 1. The summed E-state index contributed by atoms with van der Waals surface area (Å²) in [7, 11) is 0. The average molecular weight is 249 g/mol. The van der Waals surface area contributed by atoms with Crippen molar-refractivity contribution < 1.29 is 9.84 Å². The van der Waals surface area contributed by atoms with Gasteiger partial charge in [0, 0.05) is 25.6 Å². The molecule has 100 valence electrons. The Morgan fingerprint density at radius 1 is 1.44 bits per heavy atom. The van der Waals surface area contributed by atoms with Crippen LogP contribution in [0.4, 0.5) is 0 Å². The molecule has 3 nitrogen and oxygen atoms in total. The second-order valence-electron chi connectivity index (χ2n) is 5.38. The number of hydrogen-bond acceptors (Lipinski definition) is 3. The second-order valence-corrected chi connectivity index (χ2v) is 5.38. The first-order chi connectivity index (χ1) is 8.51. The van der Waals surface area contributed by atoms with Crippen molar-refractivity contribution in [3.63, 3.8) is 0 Å². The van der Waals surface area contributed by atoms with Gasteiger partial charge >= 0.3 is 0 Å². The number of aryl methyl sites for hydroxylation is 1. The van der Waals surface area contributed by atoms with Crippen molar-refractivity contribution in [2.45, 2.75) is 44.9 Å². The lowest BCUT2D eigenvalue weighted by atomic mass is 9.96. The van der Waals surface area contributed by atoms with Crippen LogP contribution in [0.25, 0.3) is 0 Å². The molecule has 2 rings (SSSR count). The molecule has 1 aliphatic rings. The zero-order valence-corrected chi connectivity index (χ0v) is 11.4. The maximum atomic E-state index is 10.4. The molecule has 0 aromatic heterocycles. The van der Waals surface area contributed by atoms with E-state index >= 15 is 0 Å². The summed E-state index contributed by atoms with van der Waals surface area (Å²) in [5.74, 6) is 0. The number of ether oxygens (including phenoxy) is 1. The Kier molecular flexibility index (Phi) is 4.05. The largest absolute Gasteiger partial charge is 0.386 e. The molecule has 0 saturated carbocycles. The van der Waals surface area contributed by atoms with Gasteiger partial charge in [-0.25, -0.2) is 0 Å². The van der Waals surface area contributed by atoms with E-state index in [1.165, 1.54) is 11.1 Å². The number of rotatable bonds is 4. The Labute approximate surface area is 109 Å². The minimum Gasteiger partial charge on any atom is -0.386 e. The highest BCUT2D eigenvalue weighted by molar-refractivity contribution is 5.23. The molecule has 1 heterocycles. The van der Waals surface area contributed by atoms with E-state index in [4.69, 9.17) is 4.74 Å². The maximum absolute atomic E-state index is 10.4. The third kappa shape index (κ3) is 2.91. The molecule has 0 bridgehead atoms. The lowest BCUT2D eigenvalue weighted by molar-refractivity contribution is -0.0274. The van der Waals surface area contributed by atoms with Gasteiger partial charge in [-0.05, 0) is 26.3 Å². The fourth-order valence-corrected chi connectivity index (χ4v) is 2.31. The lowest BCUT2D eigenvalue weighted by Gasteiger charge is -2.28. The Hall–Kier alpha value is -0.900. The highest BCUT2D eigenvalue weighted by atomic mass is 16.5. The van der Waals surface area contributed by atoms with E-state index < -0.39 is 5.60 Å². The number of hydrogen-bond donors (Lipinski definition) is 2. The molecule has 0 aliphatic carbocycles. The summed E-state index contributed by atoms with van der Waals surface area (Å²) in [5, 5.41) is 13.8. The van der Waals surface area contributed by atoms with Crippen LogP contribution in [0.2, 0.25) is 0 Å². The van der Waals surface area contributed by atoms with Gasteiger partial charge in [-0.1, -0.05) is 29.8 Å². The first kappa shape index (κ1) is 13.5. The van der Waals surface area contributed by atoms with Crippen molar-refractivity contribution in [1.82, 2.24) is 5.32 Å². The van der Waals surface area contributed by atoms with Crippen LogP contribution in [0.15, 0.2) is 24.3 Å². The summed E-state index contributed by atoms with van der Waals surface area (Å²) in [4.78, 5) is 0. The first-order valence-electron chi connectivity index (χ1n) is 6.65. The highest BCUT2D eigenvalue weighted by Crippen LogP contribution is 2.25. The molecule has 1 aromatic carbocycles. The smallest absolute Gasteiger partial charge is 0.105 e. The molecule has 1 aromatic rings. The van der Waals surface area contributed by atoms with Crippen molar-refractivity contribution in [2.24, 2.45) is 0 Å².